The highest BCUT2D eigenvalue weighted by Gasteiger charge is 2.29. The Morgan fingerprint density at radius 1 is 1.03 bits per heavy atom. The Morgan fingerprint density at radius 3 is 2.60 bits per heavy atom. The summed E-state index contributed by atoms with van der Waals surface area (Å²) >= 11 is 0. The first kappa shape index (κ1) is 19.7. The molecule has 0 aromatic heterocycles. The van der Waals surface area contributed by atoms with E-state index in [2.05, 4.69) is 35.3 Å². The van der Waals surface area contributed by atoms with Crippen molar-refractivity contribution in [2.24, 2.45) is 0 Å². The molecule has 1 amide bonds. The molecule has 3 aromatic carbocycles. The molecule has 0 aliphatic carbocycles. The van der Waals surface area contributed by atoms with Crippen LogP contribution < -0.4 is 10.2 Å². The molecule has 150 valence electrons. The fourth-order valence-electron chi connectivity index (χ4n) is 4.12. The fraction of sp³-hybridized carbons (Fsp3) is 0.231. The maximum Gasteiger partial charge on any atom is 0.247 e. The van der Waals surface area contributed by atoms with Crippen molar-refractivity contribution in [3.63, 3.8) is 0 Å². The van der Waals surface area contributed by atoms with Crippen LogP contribution in [-0.2, 0) is 4.79 Å². The fourth-order valence-corrected chi connectivity index (χ4v) is 4.12. The van der Waals surface area contributed by atoms with Crippen LogP contribution in [-0.4, -0.2) is 18.5 Å². The van der Waals surface area contributed by atoms with Crippen molar-refractivity contribution in [3.05, 3.63) is 83.9 Å². The SMILES string of the molecule is Cc1ccccc1-c1ccc(NC(=O)C2CCCCN2c2cccc(C#N)c2)cc1. The molecule has 1 atom stereocenters. The summed E-state index contributed by atoms with van der Waals surface area (Å²) in [7, 11) is 0. The Balaban J connectivity index is 1.50. The van der Waals surface area contributed by atoms with Crippen molar-refractivity contribution in [2.75, 3.05) is 16.8 Å². The van der Waals surface area contributed by atoms with Crippen LogP contribution in [0.15, 0.2) is 72.8 Å². The van der Waals surface area contributed by atoms with Gasteiger partial charge in [0.15, 0.2) is 0 Å². The second-order valence-electron chi connectivity index (χ2n) is 7.75. The number of nitrogens with zero attached hydrogens (tertiary/aromatic N) is 2. The maximum atomic E-state index is 13.1. The smallest absolute Gasteiger partial charge is 0.247 e. The van der Waals surface area contributed by atoms with Gasteiger partial charge in [-0.05, 0) is 73.2 Å². The van der Waals surface area contributed by atoms with Gasteiger partial charge in [0, 0.05) is 17.9 Å². The van der Waals surface area contributed by atoms with E-state index in [1.807, 2.05) is 54.6 Å². The zero-order valence-corrected chi connectivity index (χ0v) is 17.1. The summed E-state index contributed by atoms with van der Waals surface area (Å²) in [6.45, 7) is 2.92. The highest BCUT2D eigenvalue weighted by atomic mass is 16.2. The van der Waals surface area contributed by atoms with Crippen LogP contribution in [0.4, 0.5) is 11.4 Å². The van der Waals surface area contributed by atoms with Crippen LogP contribution in [0.5, 0.6) is 0 Å². The minimum absolute atomic E-state index is 0.000650. The Bertz CT molecular complexity index is 1080. The van der Waals surface area contributed by atoms with Gasteiger partial charge in [0.25, 0.3) is 0 Å². The Morgan fingerprint density at radius 2 is 1.83 bits per heavy atom. The molecule has 1 unspecified atom stereocenters. The second kappa shape index (κ2) is 8.84. The van der Waals surface area contributed by atoms with Crippen molar-refractivity contribution in [2.45, 2.75) is 32.2 Å². The summed E-state index contributed by atoms with van der Waals surface area (Å²) in [6.07, 6.45) is 2.88. The molecule has 30 heavy (non-hydrogen) atoms. The van der Waals surface area contributed by atoms with Gasteiger partial charge in [-0.25, -0.2) is 0 Å². The predicted octanol–water partition coefficient (Wildman–Crippen LogP) is 5.53. The predicted molar refractivity (Wildman–Crippen MR) is 121 cm³/mol. The number of rotatable bonds is 4. The van der Waals surface area contributed by atoms with E-state index < -0.39 is 0 Å². The third-order valence-corrected chi connectivity index (χ3v) is 5.72. The number of hydrogen-bond acceptors (Lipinski definition) is 3. The van der Waals surface area contributed by atoms with Crippen molar-refractivity contribution in [1.82, 2.24) is 0 Å². The summed E-state index contributed by atoms with van der Waals surface area (Å²) in [4.78, 5) is 15.2. The molecule has 4 nitrogen and oxygen atoms in total. The lowest BCUT2D eigenvalue weighted by Crippen LogP contribution is -2.47. The molecule has 1 N–H and O–H groups in total. The number of carbonyl (C=O) groups is 1. The van der Waals surface area contributed by atoms with Gasteiger partial charge in [-0.1, -0.05) is 42.5 Å². The van der Waals surface area contributed by atoms with Gasteiger partial charge in [-0.15, -0.1) is 0 Å². The average molecular weight is 396 g/mol. The number of hydrogen-bond donors (Lipinski definition) is 1. The normalized spacial score (nSPS) is 16.0. The molecule has 0 bridgehead atoms. The molecule has 4 rings (SSSR count). The van der Waals surface area contributed by atoms with Crippen LogP contribution in [0, 0.1) is 18.3 Å². The Kier molecular flexibility index (Phi) is 5.81. The highest BCUT2D eigenvalue weighted by Crippen LogP contribution is 2.28. The number of nitrogens with one attached hydrogen (secondary N) is 1. The van der Waals surface area contributed by atoms with E-state index in [1.54, 1.807) is 6.07 Å². The molecule has 3 aromatic rings. The standard InChI is InChI=1S/C26H25N3O/c1-19-7-2-3-10-24(19)21-12-14-22(15-13-21)28-26(30)25-11-4-5-16-29(25)23-9-6-8-20(17-23)18-27/h2-3,6-10,12-15,17,25H,4-5,11,16H2,1H3,(H,28,30). The van der Waals surface area contributed by atoms with Gasteiger partial charge in [-0.3, -0.25) is 4.79 Å². The van der Waals surface area contributed by atoms with E-state index >= 15 is 0 Å². The largest absolute Gasteiger partial charge is 0.359 e. The quantitative estimate of drug-likeness (QED) is 0.632. The molecule has 0 spiro atoms. The lowest BCUT2D eigenvalue weighted by molar-refractivity contribution is -0.117. The Hall–Kier alpha value is -3.58. The highest BCUT2D eigenvalue weighted by molar-refractivity contribution is 5.97. The van der Waals surface area contributed by atoms with Gasteiger partial charge in [-0.2, -0.15) is 5.26 Å². The van der Waals surface area contributed by atoms with E-state index in [-0.39, 0.29) is 11.9 Å². The van der Waals surface area contributed by atoms with Crippen LogP contribution in [0.3, 0.4) is 0 Å². The van der Waals surface area contributed by atoms with Gasteiger partial charge in [0.05, 0.1) is 11.6 Å². The number of nitriles is 1. The zero-order chi connectivity index (χ0) is 20.9. The number of aryl methyl sites for hydroxylation is 1. The molecule has 1 heterocycles. The summed E-state index contributed by atoms with van der Waals surface area (Å²) in [5.74, 6) is 0.000650. The molecule has 1 fully saturated rings. The molecule has 4 heteroatoms. The summed E-state index contributed by atoms with van der Waals surface area (Å²) in [5, 5.41) is 12.3. The number of piperidine rings is 1. The van der Waals surface area contributed by atoms with Crippen molar-refractivity contribution in [3.8, 4) is 17.2 Å². The molecular formula is C26H25N3O. The zero-order valence-electron chi connectivity index (χ0n) is 17.1. The molecule has 1 aliphatic heterocycles. The number of benzene rings is 3. The minimum Gasteiger partial charge on any atom is -0.359 e. The first-order valence-corrected chi connectivity index (χ1v) is 10.4. The Labute approximate surface area is 177 Å². The second-order valence-corrected chi connectivity index (χ2v) is 7.75. The van der Waals surface area contributed by atoms with Crippen LogP contribution in [0.1, 0.15) is 30.4 Å². The molecular weight excluding hydrogens is 370 g/mol. The monoisotopic (exact) mass is 395 g/mol. The first-order valence-electron chi connectivity index (χ1n) is 10.4. The third-order valence-electron chi connectivity index (χ3n) is 5.72. The average Bonchev–Trinajstić information content (AvgIpc) is 2.80. The first-order chi connectivity index (χ1) is 14.7. The summed E-state index contributed by atoms with van der Waals surface area (Å²) < 4.78 is 0. The third kappa shape index (κ3) is 4.21. The van der Waals surface area contributed by atoms with Crippen molar-refractivity contribution < 1.29 is 4.79 Å². The van der Waals surface area contributed by atoms with E-state index in [4.69, 9.17) is 0 Å². The lowest BCUT2D eigenvalue weighted by Gasteiger charge is -2.36. The lowest BCUT2D eigenvalue weighted by atomic mass is 9.99. The van der Waals surface area contributed by atoms with Crippen molar-refractivity contribution in [1.29, 1.82) is 5.26 Å². The molecule has 0 saturated carbocycles. The number of carbonyl (C=O) groups excluding carboxylic acids is 1. The van der Waals surface area contributed by atoms with Gasteiger partial charge >= 0.3 is 0 Å². The van der Waals surface area contributed by atoms with Gasteiger partial charge < -0.3 is 10.2 Å². The van der Waals surface area contributed by atoms with Crippen LogP contribution in [0.25, 0.3) is 11.1 Å². The van der Waals surface area contributed by atoms with E-state index in [9.17, 15) is 10.1 Å². The topological polar surface area (TPSA) is 56.1 Å². The summed E-state index contributed by atoms with van der Waals surface area (Å²) in [5.41, 5.74) is 5.91. The number of anilines is 2. The number of amides is 1. The molecule has 1 aliphatic rings. The van der Waals surface area contributed by atoms with E-state index in [0.29, 0.717) is 5.56 Å². The molecule has 1 saturated heterocycles. The van der Waals surface area contributed by atoms with E-state index in [1.165, 1.54) is 11.1 Å². The van der Waals surface area contributed by atoms with Gasteiger partial charge in [0.1, 0.15) is 6.04 Å². The van der Waals surface area contributed by atoms with Gasteiger partial charge in [0.2, 0.25) is 5.91 Å². The van der Waals surface area contributed by atoms with Crippen LogP contribution >= 0.6 is 0 Å². The minimum atomic E-state index is -0.233. The van der Waals surface area contributed by atoms with Crippen molar-refractivity contribution >= 4 is 17.3 Å². The van der Waals surface area contributed by atoms with Crippen LogP contribution in [0.2, 0.25) is 0 Å². The van der Waals surface area contributed by atoms with E-state index in [0.717, 1.165) is 42.7 Å². The maximum absolute atomic E-state index is 13.1. The molecule has 0 radical (unpaired) electrons. The summed E-state index contributed by atoms with van der Waals surface area (Å²) in [6, 6.07) is 25.8.